The fourth-order valence-electron chi connectivity index (χ4n) is 2.25. The first kappa shape index (κ1) is 21.8. The summed E-state index contributed by atoms with van der Waals surface area (Å²) in [7, 11) is 0. The molecule has 0 aliphatic heterocycles. The zero-order valence-corrected chi connectivity index (χ0v) is 18.1. The minimum Gasteiger partial charge on any atom is -0.357 e. The van der Waals surface area contributed by atoms with Crippen LogP contribution in [0.2, 0.25) is 0 Å². The van der Waals surface area contributed by atoms with Crippen molar-refractivity contribution in [3.63, 3.8) is 0 Å². The van der Waals surface area contributed by atoms with Gasteiger partial charge in [-0.1, -0.05) is 18.2 Å². The molecule has 0 bridgehead atoms. The average Bonchev–Trinajstić information content (AvgIpc) is 3.09. The molecule has 0 unspecified atom stereocenters. The molecule has 1 aromatic carbocycles. The van der Waals surface area contributed by atoms with E-state index in [-0.39, 0.29) is 24.0 Å². The van der Waals surface area contributed by atoms with Gasteiger partial charge in [0.15, 0.2) is 5.96 Å². The van der Waals surface area contributed by atoms with Gasteiger partial charge in [0.25, 0.3) is 0 Å². The van der Waals surface area contributed by atoms with E-state index in [0.29, 0.717) is 6.54 Å². The summed E-state index contributed by atoms with van der Waals surface area (Å²) in [6, 6.07) is 10.1. The summed E-state index contributed by atoms with van der Waals surface area (Å²) in [6.45, 7) is 4.51. The zero-order chi connectivity index (χ0) is 17.0. The summed E-state index contributed by atoms with van der Waals surface area (Å²) < 4.78 is 1.88. The number of unbranched alkanes of at least 4 members (excludes halogenated alkanes) is 1. The van der Waals surface area contributed by atoms with Crippen LogP contribution in [0.25, 0.3) is 5.69 Å². The van der Waals surface area contributed by atoms with E-state index in [1.54, 1.807) is 0 Å². The fourth-order valence-corrected chi connectivity index (χ4v) is 2.75. The van der Waals surface area contributed by atoms with Crippen molar-refractivity contribution in [3.05, 3.63) is 48.3 Å². The van der Waals surface area contributed by atoms with Gasteiger partial charge in [0.1, 0.15) is 0 Å². The lowest BCUT2D eigenvalue weighted by Crippen LogP contribution is -2.37. The van der Waals surface area contributed by atoms with E-state index in [2.05, 4.69) is 33.9 Å². The molecule has 5 nitrogen and oxygen atoms in total. The largest absolute Gasteiger partial charge is 0.357 e. The van der Waals surface area contributed by atoms with Crippen molar-refractivity contribution in [2.24, 2.45) is 4.99 Å². The van der Waals surface area contributed by atoms with Crippen LogP contribution in [0.3, 0.4) is 0 Å². The third kappa shape index (κ3) is 8.13. The maximum absolute atomic E-state index is 4.64. The maximum atomic E-state index is 4.64. The van der Waals surface area contributed by atoms with Gasteiger partial charge in [0.05, 0.1) is 18.4 Å². The number of nitrogens with one attached hydrogen (secondary N) is 2. The Kier molecular flexibility index (Phi) is 11.4. The summed E-state index contributed by atoms with van der Waals surface area (Å²) in [5.74, 6) is 2.09. The lowest BCUT2D eigenvalue weighted by Gasteiger charge is -2.10. The van der Waals surface area contributed by atoms with Gasteiger partial charge in [-0.05, 0) is 43.9 Å². The first-order valence-electron chi connectivity index (χ1n) is 8.43. The molecule has 0 saturated heterocycles. The summed E-state index contributed by atoms with van der Waals surface area (Å²) >= 11 is 1.90. The van der Waals surface area contributed by atoms with Crippen LogP contribution in [0.4, 0.5) is 0 Å². The van der Waals surface area contributed by atoms with Gasteiger partial charge in [-0.3, -0.25) is 0 Å². The Hall–Kier alpha value is -1.22. The molecule has 2 rings (SSSR count). The molecule has 7 heteroatoms. The number of hydrogen-bond donors (Lipinski definition) is 2. The van der Waals surface area contributed by atoms with E-state index in [9.17, 15) is 0 Å². The van der Waals surface area contributed by atoms with E-state index in [1.165, 1.54) is 12.2 Å². The highest BCUT2D eigenvalue weighted by atomic mass is 127. The van der Waals surface area contributed by atoms with Crippen LogP contribution in [0.15, 0.2) is 47.7 Å². The predicted molar refractivity (Wildman–Crippen MR) is 119 cm³/mol. The number of benzene rings is 1. The summed E-state index contributed by atoms with van der Waals surface area (Å²) in [6.07, 6.45) is 8.45. The smallest absolute Gasteiger partial charge is 0.191 e. The lowest BCUT2D eigenvalue weighted by molar-refractivity contribution is 0.734. The van der Waals surface area contributed by atoms with E-state index in [4.69, 9.17) is 0 Å². The minimum atomic E-state index is 0. The number of aromatic nitrogens is 2. The Balaban J connectivity index is 0.00000312. The molecule has 0 amide bonds. The van der Waals surface area contributed by atoms with Gasteiger partial charge in [0, 0.05) is 24.8 Å². The van der Waals surface area contributed by atoms with Gasteiger partial charge >= 0.3 is 0 Å². The van der Waals surface area contributed by atoms with Crippen molar-refractivity contribution >= 4 is 41.7 Å². The first-order valence-corrected chi connectivity index (χ1v) is 9.83. The molecule has 0 spiro atoms. The Bertz CT molecular complexity index is 615. The molecule has 0 saturated carbocycles. The Labute approximate surface area is 172 Å². The highest BCUT2D eigenvalue weighted by Crippen LogP contribution is 2.08. The number of thioether (sulfide) groups is 1. The quantitative estimate of drug-likeness (QED) is 0.253. The number of hydrogen-bond acceptors (Lipinski definition) is 3. The summed E-state index contributed by atoms with van der Waals surface area (Å²) in [4.78, 5) is 4.64. The molecule has 2 aromatic rings. The SMILES string of the molecule is CCNC(=NCc1cnn(-c2ccccc2)c1)NCCCCSC.I. The van der Waals surface area contributed by atoms with Crippen LogP contribution in [0.1, 0.15) is 25.3 Å². The molecule has 1 heterocycles. The fraction of sp³-hybridized carbons (Fsp3) is 0.444. The van der Waals surface area contributed by atoms with Crippen molar-refractivity contribution in [1.82, 2.24) is 20.4 Å². The van der Waals surface area contributed by atoms with Crippen LogP contribution in [0.5, 0.6) is 0 Å². The Morgan fingerprint density at radius 2 is 2.00 bits per heavy atom. The summed E-state index contributed by atoms with van der Waals surface area (Å²) in [5.41, 5.74) is 2.16. The number of guanidine groups is 1. The molecule has 1 aromatic heterocycles. The molecule has 0 aliphatic rings. The maximum Gasteiger partial charge on any atom is 0.191 e. The molecule has 2 N–H and O–H groups in total. The number of para-hydroxylation sites is 1. The zero-order valence-electron chi connectivity index (χ0n) is 14.9. The number of rotatable bonds is 9. The monoisotopic (exact) mass is 473 g/mol. The third-order valence-corrected chi connectivity index (χ3v) is 4.19. The Morgan fingerprint density at radius 3 is 2.72 bits per heavy atom. The molecule has 0 aliphatic carbocycles. The average molecular weight is 473 g/mol. The first-order chi connectivity index (χ1) is 11.8. The van der Waals surface area contributed by atoms with Gasteiger partial charge < -0.3 is 10.6 Å². The summed E-state index contributed by atoms with van der Waals surface area (Å²) in [5, 5.41) is 11.1. The molecular formula is C18H28IN5S. The van der Waals surface area contributed by atoms with Crippen LogP contribution >= 0.6 is 35.7 Å². The topological polar surface area (TPSA) is 54.2 Å². The van der Waals surface area contributed by atoms with Crippen LogP contribution < -0.4 is 10.6 Å². The highest BCUT2D eigenvalue weighted by Gasteiger charge is 2.01. The van der Waals surface area contributed by atoms with Crippen LogP contribution in [-0.4, -0.2) is 40.8 Å². The normalized spacial score (nSPS) is 11.0. The second-order valence-corrected chi connectivity index (χ2v) is 6.44. The second kappa shape index (κ2) is 13.0. The molecule has 25 heavy (non-hydrogen) atoms. The van der Waals surface area contributed by atoms with Crippen molar-refractivity contribution in [2.45, 2.75) is 26.3 Å². The van der Waals surface area contributed by atoms with Crippen LogP contribution in [-0.2, 0) is 6.54 Å². The number of halogens is 1. The van der Waals surface area contributed by atoms with Crippen LogP contribution in [0, 0.1) is 0 Å². The number of nitrogens with zero attached hydrogens (tertiary/aromatic N) is 3. The van der Waals surface area contributed by atoms with Crippen molar-refractivity contribution in [3.8, 4) is 5.69 Å². The molecule has 0 atom stereocenters. The predicted octanol–water partition coefficient (Wildman–Crippen LogP) is 3.69. The van der Waals surface area contributed by atoms with Gasteiger partial charge in [-0.25, -0.2) is 9.67 Å². The van der Waals surface area contributed by atoms with Gasteiger partial charge in [0.2, 0.25) is 0 Å². The van der Waals surface area contributed by atoms with Crippen molar-refractivity contribution in [2.75, 3.05) is 25.1 Å². The second-order valence-electron chi connectivity index (χ2n) is 5.45. The van der Waals surface area contributed by atoms with E-state index in [0.717, 1.165) is 36.7 Å². The third-order valence-electron chi connectivity index (χ3n) is 3.49. The van der Waals surface area contributed by atoms with Gasteiger partial charge in [-0.15, -0.1) is 24.0 Å². The van der Waals surface area contributed by atoms with Crippen molar-refractivity contribution in [1.29, 1.82) is 0 Å². The standard InChI is InChI=1S/C18H27N5S.HI/c1-3-19-18(20-11-7-8-12-24-2)21-13-16-14-22-23(15-16)17-9-5-4-6-10-17;/h4-6,9-10,14-15H,3,7-8,11-13H2,1-2H3,(H2,19,20,21);1H. The lowest BCUT2D eigenvalue weighted by atomic mass is 10.3. The highest BCUT2D eigenvalue weighted by molar-refractivity contribution is 14.0. The molecule has 138 valence electrons. The Morgan fingerprint density at radius 1 is 1.20 bits per heavy atom. The molecule has 0 radical (unpaired) electrons. The molecular weight excluding hydrogens is 445 g/mol. The van der Waals surface area contributed by atoms with Crippen molar-refractivity contribution < 1.29 is 0 Å². The van der Waals surface area contributed by atoms with E-state index < -0.39 is 0 Å². The van der Waals surface area contributed by atoms with E-state index >= 15 is 0 Å². The van der Waals surface area contributed by atoms with E-state index in [1.807, 2.05) is 59.2 Å². The molecule has 0 fully saturated rings. The number of aliphatic imine (C=N–C) groups is 1. The van der Waals surface area contributed by atoms with Gasteiger partial charge in [-0.2, -0.15) is 16.9 Å². The minimum absolute atomic E-state index is 0.